The van der Waals surface area contributed by atoms with Crippen LogP contribution in [0.25, 0.3) is 0 Å². The van der Waals surface area contributed by atoms with Crippen LogP contribution in [0.1, 0.15) is 5.56 Å². The summed E-state index contributed by atoms with van der Waals surface area (Å²) in [7, 11) is 0. The molecule has 1 unspecified atom stereocenters. The van der Waals surface area contributed by atoms with Gasteiger partial charge in [0.2, 0.25) is 0 Å². The van der Waals surface area contributed by atoms with E-state index in [1.165, 1.54) is 0 Å². The molecule has 0 spiro atoms. The molecule has 0 saturated carbocycles. The molecule has 0 aromatic heterocycles. The first-order valence-corrected chi connectivity index (χ1v) is 4.31. The fourth-order valence-corrected chi connectivity index (χ4v) is 1.18. The molecule has 0 aliphatic carbocycles. The lowest BCUT2D eigenvalue weighted by molar-refractivity contribution is -0.147. The summed E-state index contributed by atoms with van der Waals surface area (Å²) >= 11 is 0. The lowest BCUT2D eigenvalue weighted by Gasteiger charge is -2.14. The summed E-state index contributed by atoms with van der Waals surface area (Å²) in [6.07, 6.45) is -1.15. The number of aliphatic carboxylic acids is 1. The van der Waals surface area contributed by atoms with Gasteiger partial charge in [-0.1, -0.05) is 30.3 Å². The Morgan fingerprint density at radius 3 is 2.43 bits per heavy atom. The molecular weight excluding hydrogens is 182 g/mol. The minimum atomic E-state index is -1.50. The second-order valence-electron chi connectivity index (χ2n) is 3.14. The molecule has 0 heterocycles. The molecule has 0 fully saturated rings. The summed E-state index contributed by atoms with van der Waals surface area (Å²) in [5.41, 5.74) is 6.44. The Labute approximate surface area is 82.0 Å². The number of rotatable bonds is 4. The van der Waals surface area contributed by atoms with Crippen LogP contribution in [0.3, 0.4) is 0 Å². The van der Waals surface area contributed by atoms with Gasteiger partial charge in [-0.3, -0.25) is 0 Å². The first-order valence-electron chi connectivity index (χ1n) is 4.31. The third-order valence-corrected chi connectivity index (χ3v) is 1.97. The van der Waals surface area contributed by atoms with Crippen LogP contribution in [0, 0.1) is 0 Å². The molecule has 0 aliphatic heterocycles. The molecule has 4 heteroatoms. The molecule has 0 bridgehead atoms. The maximum Gasteiger partial charge on any atom is 0.334 e. The van der Waals surface area contributed by atoms with Crippen molar-refractivity contribution in [3.63, 3.8) is 0 Å². The molecule has 1 rings (SSSR count). The zero-order valence-corrected chi connectivity index (χ0v) is 7.63. The van der Waals surface area contributed by atoms with E-state index < -0.39 is 18.1 Å². The Kier molecular flexibility index (Phi) is 3.62. The minimum absolute atomic E-state index is 0.355. The average Bonchev–Trinajstić information content (AvgIpc) is 2.18. The Morgan fingerprint density at radius 2 is 1.93 bits per heavy atom. The zero-order valence-electron chi connectivity index (χ0n) is 7.63. The summed E-state index contributed by atoms with van der Waals surface area (Å²) in [5, 5.41) is 17.6. The number of nitrogens with two attached hydrogens (primary N) is 1. The highest BCUT2D eigenvalue weighted by Crippen LogP contribution is 2.04. The van der Waals surface area contributed by atoms with Crippen LogP contribution in [0.15, 0.2) is 30.3 Å². The summed E-state index contributed by atoms with van der Waals surface area (Å²) in [6.45, 7) is 0. The maximum absolute atomic E-state index is 10.4. The van der Waals surface area contributed by atoms with Gasteiger partial charge in [-0.15, -0.1) is 0 Å². The van der Waals surface area contributed by atoms with Crippen molar-refractivity contribution in [2.24, 2.45) is 5.73 Å². The fourth-order valence-electron chi connectivity index (χ4n) is 1.18. The largest absolute Gasteiger partial charge is 0.479 e. The molecule has 1 aromatic carbocycles. The van der Waals surface area contributed by atoms with E-state index in [0.717, 1.165) is 5.56 Å². The number of aliphatic hydroxyl groups excluding tert-OH is 1. The molecule has 0 amide bonds. The van der Waals surface area contributed by atoms with Crippen LogP contribution in [-0.2, 0) is 11.2 Å². The van der Waals surface area contributed by atoms with Crippen molar-refractivity contribution >= 4 is 5.97 Å². The second-order valence-corrected chi connectivity index (χ2v) is 3.14. The molecule has 0 saturated heterocycles. The molecule has 76 valence electrons. The van der Waals surface area contributed by atoms with Gasteiger partial charge in [-0.2, -0.15) is 0 Å². The lowest BCUT2D eigenvalue weighted by atomic mass is 10.0. The van der Waals surface area contributed by atoms with Crippen LogP contribution in [0.5, 0.6) is 0 Å². The number of carboxylic acid groups (broad SMARTS) is 1. The van der Waals surface area contributed by atoms with E-state index in [9.17, 15) is 4.79 Å². The summed E-state index contributed by atoms with van der Waals surface area (Å²) in [6, 6.07) is 8.46. The topological polar surface area (TPSA) is 83.5 Å². The van der Waals surface area contributed by atoms with Gasteiger partial charge < -0.3 is 15.9 Å². The van der Waals surface area contributed by atoms with E-state index in [2.05, 4.69) is 0 Å². The van der Waals surface area contributed by atoms with Gasteiger partial charge >= 0.3 is 5.97 Å². The highest BCUT2D eigenvalue weighted by molar-refractivity contribution is 5.72. The maximum atomic E-state index is 10.4. The smallest absolute Gasteiger partial charge is 0.334 e. The Bertz CT molecular complexity index is 299. The summed E-state index contributed by atoms with van der Waals surface area (Å²) in [4.78, 5) is 10.4. The van der Waals surface area contributed by atoms with Crippen molar-refractivity contribution in [1.29, 1.82) is 0 Å². The first-order chi connectivity index (χ1) is 6.61. The number of hydrogen-bond acceptors (Lipinski definition) is 3. The number of hydrogen-bond donors (Lipinski definition) is 3. The predicted molar refractivity (Wildman–Crippen MR) is 51.8 cm³/mol. The quantitative estimate of drug-likeness (QED) is 0.631. The van der Waals surface area contributed by atoms with Crippen LogP contribution < -0.4 is 5.73 Å². The first kappa shape index (κ1) is 10.7. The molecule has 4 nitrogen and oxygen atoms in total. The van der Waals surface area contributed by atoms with Crippen LogP contribution in [0.2, 0.25) is 0 Å². The van der Waals surface area contributed by atoms with Crippen molar-refractivity contribution in [3.8, 4) is 0 Å². The van der Waals surface area contributed by atoms with Gasteiger partial charge in [-0.25, -0.2) is 4.79 Å². The van der Waals surface area contributed by atoms with E-state index in [1.807, 2.05) is 30.3 Å². The molecule has 2 atom stereocenters. The SMILES string of the molecule is N[C@@H](Cc1ccccc1)C(O)C(=O)O. The summed E-state index contributed by atoms with van der Waals surface area (Å²) < 4.78 is 0. The Hall–Kier alpha value is -1.39. The van der Waals surface area contributed by atoms with Crippen molar-refractivity contribution in [2.45, 2.75) is 18.6 Å². The minimum Gasteiger partial charge on any atom is -0.479 e. The van der Waals surface area contributed by atoms with Gasteiger partial charge in [0, 0.05) is 6.04 Å². The van der Waals surface area contributed by atoms with Crippen molar-refractivity contribution in [1.82, 2.24) is 0 Å². The van der Waals surface area contributed by atoms with Crippen LogP contribution in [0.4, 0.5) is 0 Å². The fraction of sp³-hybridized carbons (Fsp3) is 0.300. The molecule has 1 aromatic rings. The van der Waals surface area contributed by atoms with Gasteiger partial charge in [0.05, 0.1) is 0 Å². The number of carbonyl (C=O) groups is 1. The Balaban J connectivity index is 2.57. The normalized spacial score (nSPS) is 14.7. The van der Waals surface area contributed by atoms with Crippen molar-refractivity contribution in [2.75, 3.05) is 0 Å². The highest BCUT2D eigenvalue weighted by atomic mass is 16.4. The molecule has 4 N–H and O–H groups in total. The lowest BCUT2D eigenvalue weighted by Crippen LogP contribution is -2.41. The van der Waals surface area contributed by atoms with Gasteiger partial charge in [-0.05, 0) is 12.0 Å². The second kappa shape index (κ2) is 4.74. The third kappa shape index (κ3) is 2.83. The van der Waals surface area contributed by atoms with Crippen molar-refractivity contribution in [3.05, 3.63) is 35.9 Å². The van der Waals surface area contributed by atoms with Gasteiger partial charge in [0.25, 0.3) is 0 Å². The van der Waals surface area contributed by atoms with Gasteiger partial charge in [0.1, 0.15) is 0 Å². The Morgan fingerprint density at radius 1 is 1.36 bits per heavy atom. The monoisotopic (exact) mass is 195 g/mol. The van der Waals surface area contributed by atoms with E-state index >= 15 is 0 Å². The van der Waals surface area contributed by atoms with Crippen LogP contribution >= 0.6 is 0 Å². The average molecular weight is 195 g/mol. The number of benzene rings is 1. The molecular formula is C10H13NO3. The number of aliphatic hydroxyl groups is 1. The van der Waals surface area contributed by atoms with Crippen molar-refractivity contribution < 1.29 is 15.0 Å². The molecule has 0 aliphatic rings. The van der Waals surface area contributed by atoms with E-state index in [4.69, 9.17) is 15.9 Å². The zero-order chi connectivity index (χ0) is 10.6. The highest BCUT2D eigenvalue weighted by Gasteiger charge is 2.21. The standard InChI is InChI=1S/C10H13NO3/c11-8(9(12)10(13)14)6-7-4-2-1-3-5-7/h1-5,8-9,12H,6,11H2,(H,13,14)/t8-,9?/m0/s1. The predicted octanol–water partition coefficient (Wildman–Crippen LogP) is 0.00190. The van der Waals surface area contributed by atoms with E-state index in [1.54, 1.807) is 0 Å². The van der Waals surface area contributed by atoms with E-state index in [-0.39, 0.29) is 0 Å². The van der Waals surface area contributed by atoms with Gasteiger partial charge in [0.15, 0.2) is 6.10 Å². The summed E-state index contributed by atoms with van der Waals surface area (Å²) in [5.74, 6) is -1.28. The van der Waals surface area contributed by atoms with E-state index in [0.29, 0.717) is 6.42 Å². The third-order valence-electron chi connectivity index (χ3n) is 1.97. The molecule has 0 radical (unpaired) electrons. The van der Waals surface area contributed by atoms with Crippen LogP contribution in [-0.4, -0.2) is 28.3 Å². The molecule has 14 heavy (non-hydrogen) atoms. The number of carboxylic acids is 1.